The van der Waals surface area contributed by atoms with Gasteiger partial charge in [-0.2, -0.15) is 0 Å². The largest absolute Gasteiger partial charge is 0.355 e. The van der Waals surface area contributed by atoms with Gasteiger partial charge in [-0.15, -0.1) is 11.8 Å². The Morgan fingerprint density at radius 1 is 1.57 bits per heavy atom. The molecule has 0 aromatic heterocycles. The summed E-state index contributed by atoms with van der Waals surface area (Å²) in [7, 11) is 0. The highest BCUT2D eigenvalue weighted by atomic mass is 32.2. The van der Waals surface area contributed by atoms with Gasteiger partial charge in [0, 0.05) is 6.54 Å². The Morgan fingerprint density at radius 2 is 2.38 bits per heavy atom. The number of hydrogen-bond acceptors (Lipinski definition) is 5. The molecule has 2 N–H and O–H groups in total. The van der Waals surface area contributed by atoms with E-state index in [1.165, 1.54) is 11.8 Å². The highest BCUT2D eigenvalue weighted by Gasteiger charge is 2.54. The number of nitrogens with zero attached hydrogens (tertiary/aromatic N) is 1. The molecule has 0 saturated carbocycles. The van der Waals surface area contributed by atoms with Crippen LogP contribution in [0.3, 0.4) is 0 Å². The predicted octanol–water partition coefficient (Wildman–Crippen LogP) is 0.935. The second-order valence-electron chi connectivity index (χ2n) is 5.46. The Balaban J connectivity index is 1.73. The van der Waals surface area contributed by atoms with Crippen LogP contribution in [0.15, 0.2) is 0 Å². The smallest absolute Gasteiger partial charge is 0.237 e. The highest BCUT2D eigenvalue weighted by Crippen LogP contribution is 2.42. The molecule has 3 aliphatic heterocycles. The number of hydrogen-bond donors (Lipinski definition) is 2. The van der Waals surface area contributed by atoms with E-state index in [9.17, 15) is 9.59 Å². The molecular formula is C13H19N3O2S3. The topological polar surface area (TPSA) is 61.4 Å². The number of amides is 2. The van der Waals surface area contributed by atoms with Crippen molar-refractivity contribution in [2.24, 2.45) is 0 Å². The van der Waals surface area contributed by atoms with Gasteiger partial charge in [-0.3, -0.25) is 9.59 Å². The van der Waals surface area contributed by atoms with Gasteiger partial charge in [0.1, 0.15) is 21.0 Å². The van der Waals surface area contributed by atoms with Crippen molar-refractivity contribution in [1.29, 1.82) is 0 Å². The van der Waals surface area contributed by atoms with Gasteiger partial charge in [0.15, 0.2) is 0 Å². The molecule has 2 amide bonds. The van der Waals surface area contributed by atoms with Gasteiger partial charge in [-0.25, -0.2) is 0 Å². The van der Waals surface area contributed by atoms with E-state index in [4.69, 9.17) is 12.2 Å². The Bertz CT molecular complexity index is 474. The molecule has 0 aliphatic carbocycles. The molecule has 3 aliphatic rings. The Labute approximate surface area is 138 Å². The summed E-state index contributed by atoms with van der Waals surface area (Å²) in [5, 5.41) is 5.58. The number of carbonyl (C=O) groups excluding carboxylic acids is 2. The van der Waals surface area contributed by atoms with Crippen LogP contribution < -0.4 is 10.6 Å². The minimum atomic E-state index is -0.329. The fourth-order valence-corrected chi connectivity index (χ4v) is 6.01. The second-order valence-corrected chi connectivity index (χ2v) is 8.48. The zero-order valence-corrected chi connectivity index (χ0v) is 14.3. The summed E-state index contributed by atoms with van der Waals surface area (Å²) in [6.07, 6.45) is 2.69. The molecule has 4 unspecified atom stereocenters. The standard InChI is InChI=1S/C13H19N3O2S3/c1-2-3-5-14-11(17)9-10-15-12(18)8-7(4-6-20-8)16(10)13(19)21-9/h7-10H,2-6H2,1H3,(H,14,17)(H,15,18). The SMILES string of the molecule is CCCCNC(=O)C1SC(=S)N2C3CCSC3C(=O)NC12. The predicted molar refractivity (Wildman–Crippen MR) is 90.3 cm³/mol. The summed E-state index contributed by atoms with van der Waals surface area (Å²) in [5.41, 5.74) is 0. The molecule has 0 aromatic carbocycles. The lowest BCUT2D eigenvalue weighted by Crippen LogP contribution is -2.65. The molecule has 0 aromatic rings. The van der Waals surface area contributed by atoms with Crippen molar-refractivity contribution in [2.45, 2.75) is 48.9 Å². The van der Waals surface area contributed by atoms with Gasteiger partial charge in [0.05, 0.1) is 6.04 Å². The van der Waals surface area contributed by atoms with E-state index in [-0.39, 0.29) is 34.5 Å². The summed E-state index contributed by atoms with van der Waals surface area (Å²) in [6, 6.07) is 0.155. The lowest BCUT2D eigenvalue weighted by molar-refractivity contribution is -0.127. The number of nitrogens with one attached hydrogen (secondary N) is 2. The van der Waals surface area contributed by atoms with Crippen LogP contribution in [-0.4, -0.2) is 56.0 Å². The molecular weight excluding hydrogens is 326 g/mol. The van der Waals surface area contributed by atoms with E-state index >= 15 is 0 Å². The Hall–Kier alpha value is -0.470. The molecule has 5 nitrogen and oxygen atoms in total. The van der Waals surface area contributed by atoms with Crippen molar-refractivity contribution in [3.05, 3.63) is 0 Å². The number of thioether (sulfide) groups is 2. The number of rotatable bonds is 4. The van der Waals surface area contributed by atoms with Gasteiger partial charge in [0.2, 0.25) is 11.8 Å². The van der Waals surface area contributed by atoms with Crippen LogP contribution in [-0.2, 0) is 9.59 Å². The van der Waals surface area contributed by atoms with Crippen LogP contribution in [0, 0.1) is 0 Å². The zero-order chi connectivity index (χ0) is 15.0. The van der Waals surface area contributed by atoms with E-state index < -0.39 is 0 Å². The zero-order valence-electron chi connectivity index (χ0n) is 11.8. The van der Waals surface area contributed by atoms with Crippen LogP contribution in [0.4, 0.5) is 0 Å². The molecule has 0 radical (unpaired) electrons. The summed E-state index contributed by atoms with van der Waals surface area (Å²) >= 11 is 8.56. The third-order valence-electron chi connectivity index (χ3n) is 4.08. The maximum absolute atomic E-state index is 12.3. The molecule has 4 atom stereocenters. The first-order valence-electron chi connectivity index (χ1n) is 7.32. The fourth-order valence-electron chi connectivity index (χ4n) is 3.01. The fraction of sp³-hybridized carbons (Fsp3) is 0.769. The Kier molecular flexibility index (Phi) is 4.66. The molecule has 3 fully saturated rings. The number of carbonyl (C=O) groups is 2. The van der Waals surface area contributed by atoms with Crippen LogP contribution in [0.2, 0.25) is 0 Å². The number of fused-ring (bicyclic) bond motifs is 3. The second kappa shape index (κ2) is 6.34. The average molecular weight is 346 g/mol. The van der Waals surface area contributed by atoms with Crippen molar-refractivity contribution >= 4 is 51.9 Å². The van der Waals surface area contributed by atoms with E-state index in [1.807, 2.05) is 0 Å². The summed E-state index contributed by atoms with van der Waals surface area (Å²) < 4.78 is 0.744. The maximum Gasteiger partial charge on any atom is 0.237 e. The first-order chi connectivity index (χ1) is 10.1. The lowest BCUT2D eigenvalue weighted by Gasteiger charge is -2.40. The number of unbranched alkanes of at least 4 members (excludes halogenated alkanes) is 1. The maximum atomic E-state index is 12.3. The third kappa shape index (κ3) is 2.77. The number of thiocarbonyl (C=S) groups is 1. The van der Waals surface area contributed by atoms with Crippen molar-refractivity contribution in [2.75, 3.05) is 12.3 Å². The lowest BCUT2D eigenvalue weighted by atomic mass is 10.0. The molecule has 21 heavy (non-hydrogen) atoms. The minimum absolute atomic E-state index is 0.0206. The quantitative estimate of drug-likeness (QED) is 0.584. The van der Waals surface area contributed by atoms with E-state index in [2.05, 4.69) is 22.5 Å². The first kappa shape index (κ1) is 15.4. The van der Waals surface area contributed by atoms with Gasteiger partial charge < -0.3 is 15.5 Å². The first-order valence-corrected chi connectivity index (χ1v) is 9.65. The molecule has 8 heteroatoms. The summed E-state index contributed by atoms with van der Waals surface area (Å²) in [4.78, 5) is 26.6. The van der Waals surface area contributed by atoms with Crippen LogP contribution in [0.25, 0.3) is 0 Å². The van der Waals surface area contributed by atoms with Gasteiger partial charge in [-0.05, 0) is 18.6 Å². The van der Waals surface area contributed by atoms with E-state index in [0.717, 1.165) is 29.3 Å². The summed E-state index contributed by atoms with van der Waals surface area (Å²) in [5.74, 6) is 1.01. The monoisotopic (exact) mass is 345 g/mol. The summed E-state index contributed by atoms with van der Waals surface area (Å²) in [6.45, 7) is 2.77. The van der Waals surface area contributed by atoms with Crippen LogP contribution in [0.1, 0.15) is 26.2 Å². The Morgan fingerprint density at radius 3 is 3.14 bits per heavy atom. The van der Waals surface area contributed by atoms with E-state index in [1.54, 1.807) is 11.8 Å². The molecule has 3 rings (SSSR count). The van der Waals surface area contributed by atoms with Crippen molar-refractivity contribution in [3.8, 4) is 0 Å². The molecule has 3 heterocycles. The van der Waals surface area contributed by atoms with Crippen molar-refractivity contribution < 1.29 is 9.59 Å². The van der Waals surface area contributed by atoms with E-state index in [0.29, 0.717) is 6.54 Å². The van der Waals surface area contributed by atoms with Crippen molar-refractivity contribution in [3.63, 3.8) is 0 Å². The molecule has 116 valence electrons. The minimum Gasteiger partial charge on any atom is -0.355 e. The van der Waals surface area contributed by atoms with Gasteiger partial charge in [-0.1, -0.05) is 37.3 Å². The average Bonchev–Trinajstić information content (AvgIpc) is 3.04. The molecule has 3 saturated heterocycles. The molecule has 0 spiro atoms. The third-order valence-corrected chi connectivity index (χ3v) is 7.08. The van der Waals surface area contributed by atoms with Crippen molar-refractivity contribution in [1.82, 2.24) is 15.5 Å². The van der Waals surface area contributed by atoms with Crippen LogP contribution >= 0.6 is 35.7 Å². The van der Waals surface area contributed by atoms with Gasteiger partial charge in [0.25, 0.3) is 0 Å². The van der Waals surface area contributed by atoms with Crippen LogP contribution in [0.5, 0.6) is 0 Å². The molecule has 0 bridgehead atoms. The highest BCUT2D eigenvalue weighted by molar-refractivity contribution is 8.24. The van der Waals surface area contributed by atoms with Gasteiger partial charge >= 0.3 is 0 Å². The normalized spacial score (nSPS) is 34.4.